The van der Waals surface area contributed by atoms with Crippen molar-refractivity contribution in [3.05, 3.63) is 0 Å². The number of nitrogens with zero attached hydrogens (tertiary/aromatic N) is 1. The van der Waals surface area contributed by atoms with Gasteiger partial charge in [0.1, 0.15) is 0 Å². The van der Waals surface area contributed by atoms with Crippen LogP contribution in [0.5, 0.6) is 0 Å². The minimum Gasteiger partial charge on any atom is -0.316 e. The van der Waals surface area contributed by atoms with E-state index in [4.69, 9.17) is 0 Å². The summed E-state index contributed by atoms with van der Waals surface area (Å²) in [6.45, 7) is 5.14. The molecular weight excluding hydrogens is 184 g/mol. The Hall–Kier alpha value is -0.0900. The first kappa shape index (κ1) is 11.0. The van der Waals surface area contributed by atoms with Gasteiger partial charge in [-0.05, 0) is 31.3 Å². The van der Waals surface area contributed by atoms with Crippen LogP contribution in [-0.4, -0.2) is 36.4 Å². The second-order valence-electron chi connectivity index (χ2n) is 4.36. The highest BCUT2D eigenvalue weighted by atomic mass is 32.2. The van der Waals surface area contributed by atoms with Crippen LogP contribution in [0, 0.1) is 11.8 Å². The fraction of sp³-hybridized carbons (Fsp3) is 1.00. The van der Waals surface area contributed by atoms with E-state index < -0.39 is 9.73 Å². The molecule has 13 heavy (non-hydrogen) atoms. The maximum Gasteiger partial charge on any atom is 0.0524 e. The minimum absolute atomic E-state index is 0.587. The summed E-state index contributed by atoms with van der Waals surface area (Å²) < 4.78 is 15.5. The highest BCUT2D eigenvalue weighted by molar-refractivity contribution is 7.92. The summed E-state index contributed by atoms with van der Waals surface area (Å²) in [6.07, 6.45) is 4.62. The molecule has 1 saturated heterocycles. The number of hydrogen-bond donors (Lipinski definition) is 1. The van der Waals surface area contributed by atoms with E-state index in [0.29, 0.717) is 5.92 Å². The third-order valence-corrected chi connectivity index (χ3v) is 3.08. The van der Waals surface area contributed by atoms with E-state index in [1.54, 1.807) is 12.5 Å². The van der Waals surface area contributed by atoms with E-state index >= 15 is 0 Å². The van der Waals surface area contributed by atoms with Crippen molar-refractivity contribution in [2.45, 2.75) is 13.3 Å². The van der Waals surface area contributed by atoms with Gasteiger partial charge in [0.25, 0.3) is 0 Å². The second-order valence-corrected chi connectivity index (χ2v) is 6.98. The van der Waals surface area contributed by atoms with Crippen LogP contribution in [0.15, 0.2) is 4.36 Å². The Kier molecular flexibility index (Phi) is 3.74. The molecule has 3 nitrogen and oxygen atoms in total. The molecule has 1 N–H and O–H groups in total. The summed E-state index contributed by atoms with van der Waals surface area (Å²) in [5, 5.41) is 3.37. The molecule has 1 aliphatic rings. The summed E-state index contributed by atoms with van der Waals surface area (Å²) in [5.74, 6) is 1.32. The molecule has 2 unspecified atom stereocenters. The van der Waals surface area contributed by atoms with Gasteiger partial charge in [-0.3, -0.25) is 4.21 Å². The van der Waals surface area contributed by atoms with Crippen LogP contribution in [0.4, 0.5) is 0 Å². The zero-order chi connectivity index (χ0) is 9.90. The predicted octanol–water partition coefficient (Wildman–Crippen LogP) is 0.960. The van der Waals surface area contributed by atoms with Crippen LogP contribution in [0.25, 0.3) is 0 Å². The van der Waals surface area contributed by atoms with E-state index in [9.17, 15) is 4.21 Å². The van der Waals surface area contributed by atoms with Crippen LogP contribution in [0.2, 0.25) is 0 Å². The Morgan fingerprint density at radius 3 is 2.69 bits per heavy atom. The third-order valence-electron chi connectivity index (χ3n) is 2.31. The Balaban J connectivity index is 2.41. The zero-order valence-electron chi connectivity index (χ0n) is 8.75. The highest BCUT2D eigenvalue weighted by Crippen LogP contribution is 2.16. The lowest BCUT2D eigenvalue weighted by Gasteiger charge is -2.26. The molecule has 1 fully saturated rings. The second kappa shape index (κ2) is 4.42. The van der Waals surface area contributed by atoms with Gasteiger partial charge in [0.2, 0.25) is 0 Å². The monoisotopic (exact) mass is 204 g/mol. The molecule has 1 aliphatic heterocycles. The van der Waals surface area contributed by atoms with Crippen molar-refractivity contribution in [3.8, 4) is 0 Å². The normalized spacial score (nSPS) is 30.1. The highest BCUT2D eigenvalue weighted by Gasteiger charge is 2.17. The van der Waals surface area contributed by atoms with Crippen molar-refractivity contribution in [3.63, 3.8) is 0 Å². The molecule has 0 radical (unpaired) electrons. The largest absolute Gasteiger partial charge is 0.316 e. The molecular formula is C9H20N2OS. The maximum atomic E-state index is 11.3. The molecule has 78 valence electrons. The number of nitrogens with one attached hydrogen (secondary N) is 1. The van der Waals surface area contributed by atoms with E-state index in [2.05, 4.69) is 16.6 Å². The molecule has 2 atom stereocenters. The molecule has 1 rings (SSSR count). The molecule has 0 aromatic heterocycles. The summed E-state index contributed by atoms with van der Waals surface area (Å²) in [5.41, 5.74) is 0. The van der Waals surface area contributed by atoms with Crippen molar-refractivity contribution in [2.75, 3.05) is 32.1 Å². The summed E-state index contributed by atoms with van der Waals surface area (Å²) in [4.78, 5) is 0. The topological polar surface area (TPSA) is 41.5 Å². The van der Waals surface area contributed by atoms with Crippen molar-refractivity contribution in [1.29, 1.82) is 0 Å². The first-order valence-corrected chi connectivity index (χ1v) is 7.14. The molecule has 0 spiro atoms. The lowest BCUT2D eigenvalue weighted by atomic mass is 9.92. The van der Waals surface area contributed by atoms with Crippen LogP contribution < -0.4 is 5.32 Å². The van der Waals surface area contributed by atoms with Gasteiger partial charge < -0.3 is 5.32 Å². The summed E-state index contributed by atoms with van der Waals surface area (Å²) in [6, 6.07) is 0. The molecule has 0 bridgehead atoms. The van der Waals surface area contributed by atoms with Gasteiger partial charge in [0.15, 0.2) is 0 Å². The Morgan fingerprint density at radius 2 is 2.15 bits per heavy atom. The number of rotatable bonds is 2. The van der Waals surface area contributed by atoms with Gasteiger partial charge in [0.05, 0.1) is 6.54 Å². The summed E-state index contributed by atoms with van der Waals surface area (Å²) in [7, 11) is -1.89. The van der Waals surface area contributed by atoms with E-state index in [1.807, 2.05) is 0 Å². The third kappa shape index (κ3) is 4.62. The average molecular weight is 204 g/mol. The van der Waals surface area contributed by atoms with Crippen LogP contribution >= 0.6 is 0 Å². The van der Waals surface area contributed by atoms with Gasteiger partial charge in [-0.1, -0.05) is 6.92 Å². The molecule has 0 aliphatic carbocycles. The van der Waals surface area contributed by atoms with Crippen molar-refractivity contribution in [1.82, 2.24) is 5.32 Å². The molecule has 0 amide bonds. The van der Waals surface area contributed by atoms with E-state index in [1.165, 1.54) is 6.42 Å². The van der Waals surface area contributed by atoms with Gasteiger partial charge >= 0.3 is 0 Å². The molecule has 1 heterocycles. The fourth-order valence-electron chi connectivity index (χ4n) is 1.69. The van der Waals surface area contributed by atoms with E-state index in [0.717, 1.165) is 25.6 Å². The van der Waals surface area contributed by atoms with Crippen molar-refractivity contribution < 1.29 is 4.21 Å². The number of hydrogen-bond acceptors (Lipinski definition) is 3. The van der Waals surface area contributed by atoms with Crippen molar-refractivity contribution >= 4 is 9.73 Å². The van der Waals surface area contributed by atoms with Crippen LogP contribution in [-0.2, 0) is 9.73 Å². The van der Waals surface area contributed by atoms with Gasteiger partial charge in [0, 0.05) is 22.2 Å². The summed E-state index contributed by atoms with van der Waals surface area (Å²) >= 11 is 0. The zero-order valence-corrected chi connectivity index (χ0v) is 9.56. The molecule has 4 heteroatoms. The van der Waals surface area contributed by atoms with Gasteiger partial charge in [-0.2, -0.15) is 0 Å². The minimum atomic E-state index is -1.89. The first-order chi connectivity index (χ1) is 5.97. The van der Waals surface area contributed by atoms with Crippen molar-refractivity contribution in [2.24, 2.45) is 16.2 Å². The lowest BCUT2D eigenvalue weighted by molar-refractivity contribution is 0.309. The first-order valence-electron chi connectivity index (χ1n) is 4.81. The van der Waals surface area contributed by atoms with Gasteiger partial charge in [-0.15, -0.1) is 0 Å². The Labute approximate surface area is 81.5 Å². The average Bonchev–Trinajstić information content (AvgIpc) is 2.00. The molecule has 0 aromatic carbocycles. The standard InChI is InChI=1S/C9H20N2OS/c1-8-4-9(6-10-5-8)7-11-13(2,3)12/h8-10H,4-7H2,1-3H3. The SMILES string of the molecule is CC1CNCC(CN=S(C)(C)=O)C1. The Morgan fingerprint density at radius 1 is 1.46 bits per heavy atom. The van der Waals surface area contributed by atoms with Crippen LogP contribution in [0.1, 0.15) is 13.3 Å². The predicted molar refractivity (Wildman–Crippen MR) is 57.4 cm³/mol. The quantitative estimate of drug-likeness (QED) is 0.728. The Bertz CT molecular complexity index is 261. The molecule has 0 aromatic rings. The maximum absolute atomic E-state index is 11.3. The van der Waals surface area contributed by atoms with Gasteiger partial charge in [-0.25, -0.2) is 4.36 Å². The smallest absolute Gasteiger partial charge is 0.0524 e. The lowest BCUT2D eigenvalue weighted by Crippen LogP contribution is -2.36. The van der Waals surface area contributed by atoms with Crippen LogP contribution in [0.3, 0.4) is 0 Å². The fourth-order valence-corrected chi connectivity index (χ4v) is 2.26. The van der Waals surface area contributed by atoms with E-state index in [-0.39, 0.29) is 0 Å². The molecule has 0 saturated carbocycles. The number of piperidine rings is 1.